The zero-order valence-electron chi connectivity index (χ0n) is 21.6. The van der Waals surface area contributed by atoms with Gasteiger partial charge in [-0.25, -0.2) is 4.39 Å². The normalized spacial score (nSPS) is 13.8. The fourth-order valence-corrected chi connectivity index (χ4v) is 5.34. The Kier molecular flexibility index (Phi) is 9.95. The third-order valence-electron chi connectivity index (χ3n) is 7.29. The lowest BCUT2D eigenvalue weighted by atomic mass is 9.88. The molecule has 38 heavy (non-hydrogen) atoms. The fourth-order valence-electron chi connectivity index (χ4n) is 5.34. The van der Waals surface area contributed by atoms with Crippen LogP contribution in [0.1, 0.15) is 40.2 Å². The van der Waals surface area contributed by atoms with Gasteiger partial charge in [-0.05, 0) is 48.1 Å². The van der Waals surface area contributed by atoms with E-state index in [-0.39, 0.29) is 42.5 Å². The van der Waals surface area contributed by atoms with Crippen molar-refractivity contribution in [3.05, 3.63) is 77.4 Å². The molecule has 1 aliphatic heterocycles. The van der Waals surface area contributed by atoms with Crippen molar-refractivity contribution in [1.29, 1.82) is 0 Å². The molecule has 0 bridgehead atoms. The van der Waals surface area contributed by atoms with Crippen LogP contribution in [-0.4, -0.2) is 52.0 Å². The molecular formula is C28H34Cl2FN5O2. The number of nitrogens with zero attached hydrogens (tertiary/aromatic N) is 4. The summed E-state index contributed by atoms with van der Waals surface area (Å²) in [6, 6.07) is 13.2. The van der Waals surface area contributed by atoms with Gasteiger partial charge in [0.1, 0.15) is 5.82 Å². The number of methoxy groups -OCH3 is 1. The molecule has 3 heterocycles. The molecule has 10 heteroatoms. The number of nitrogens with two attached hydrogens (primary N) is 1. The molecular weight excluding hydrogens is 528 g/mol. The Hall–Kier alpha value is -2.91. The molecule has 0 spiro atoms. The number of rotatable bonds is 7. The minimum atomic E-state index is -0.195. The third-order valence-corrected chi connectivity index (χ3v) is 7.29. The number of hydrogen-bond donors (Lipinski definition) is 1. The first-order valence-electron chi connectivity index (χ1n) is 12.4. The summed E-state index contributed by atoms with van der Waals surface area (Å²) in [5.41, 5.74) is 11.0. The zero-order chi connectivity index (χ0) is 25.2. The molecule has 0 unspecified atom stereocenters. The Balaban J connectivity index is 0.00000200. The van der Waals surface area contributed by atoms with Crippen LogP contribution in [0, 0.1) is 5.82 Å². The van der Waals surface area contributed by atoms with Crippen molar-refractivity contribution >= 4 is 41.6 Å². The van der Waals surface area contributed by atoms with E-state index in [1.54, 1.807) is 19.4 Å². The van der Waals surface area contributed by atoms with E-state index in [9.17, 15) is 9.18 Å². The van der Waals surface area contributed by atoms with E-state index in [0.717, 1.165) is 27.7 Å². The number of piperidine rings is 1. The van der Waals surface area contributed by atoms with Crippen LogP contribution in [0.4, 0.5) is 4.39 Å². The Morgan fingerprint density at radius 1 is 1.16 bits per heavy atom. The van der Waals surface area contributed by atoms with Crippen LogP contribution in [0.2, 0.25) is 0 Å². The summed E-state index contributed by atoms with van der Waals surface area (Å²) in [6.07, 6.45) is 5.14. The molecule has 7 nitrogen and oxygen atoms in total. The largest absolute Gasteiger partial charge is 0.383 e. The Labute approximate surface area is 234 Å². The van der Waals surface area contributed by atoms with E-state index < -0.39 is 0 Å². The fraction of sp³-hybridized carbons (Fsp3) is 0.357. The average molecular weight is 563 g/mol. The van der Waals surface area contributed by atoms with Crippen LogP contribution >= 0.6 is 24.8 Å². The quantitative estimate of drug-likeness (QED) is 0.338. The Bertz CT molecular complexity index is 1400. The number of ether oxygens (including phenoxy) is 1. The summed E-state index contributed by atoms with van der Waals surface area (Å²) in [7, 11) is 3.58. The minimum absolute atomic E-state index is 0. The lowest BCUT2D eigenvalue weighted by molar-refractivity contribution is 0.0714. The number of likely N-dealkylation sites (tertiary alicyclic amines) is 1. The maximum absolute atomic E-state index is 14.6. The molecule has 5 rings (SSSR count). The summed E-state index contributed by atoms with van der Waals surface area (Å²) in [5.74, 6) is -0.118. The minimum Gasteiger partial charge on any atom is -0.383 e. The van der Waals surface area contributed by atoms with E-state index in [0.29, 0.717) is 56.8 Å². The highest BCUT2D eigenvalue weighted by Crippen LogP contribution is 2.35. The van der Waals surface area contributed by atoms with Crippen LogP contribution in [0.3, 0.4) is 0 Å². The summed E-state index contributed by atoms with van der Waals surface area (Å²) in [6.45, 7) is 2.74. The molecule has 0 atom stereocenters. The van der Waals surface area contributed by atoms with Gasteiger partial charge in [-0.2, -0.15) is 5.10 Å². The summed E-state index contributed by atoms with van der Waals surface area (Å²) in [5, 5.41) is 5.26. The molecule has 0 aliphatic carbocycles. The monoisotopic (exact) mass is 561 g/mol. The smallest absolute Gasteiger partial charge is 0.256 e. The van der Waals surface area contributed by atoms with Gasteiger partial charge in [0, 0.05) is 69.2 Å². The molecule has 1 aliphatic rings. The van der Waals surface area contributed by atoms with Crippen molar-refractivity contribution < 1.29 is 13.9 Å². The molecule has 2 aromatic heterocycles. The zero-order valence-corrected chi connectivity index (χ0v) is 23.2. The van der Waals surface area contributed by atoms with Gasteiger partial charge in [-0.15, -0.1) is 24.8 Å². The highest BCUT2D eigenvalue weighted by molar-refractivity contribution is 6.12. The first kappa shape index (κ1) is 29.6. The molecule has 1 amide bonds. The summed E-state index contributed by atoms with van der Waals surface area (Å²) >= 11 is 0. The molecule has 1 saturated heterocycles. The van der Waals surface area contributed by atoms with Crippen molar-refractivity contribution in [2.24, 2.45) is 12.8 Å². The Morgan fingerprint density at radius 3 is 2.58 bits per heavy atom. The van der Waals surface area contributed by atoms with Crippen LogP contribution in [-0.2, 0) is 24.9 Å². The number of fused-ring (bicyclic) bond motifs is 1. The molecule has 2 N–H and O–H groups in total. The second kappa shape index (κ2) is 12.8. The number of aryl methyl sites for hydroxylation is 1. The molecule has 0 saturated carbocycles. The predicted octanol–water partition coefficient (Wildman–Crippen LogP) is 5.15. The summed E-state index contributed by atoms with van der Waals surface area (Å²) < 4.78 is 23.8. The van der Waals surface area contributed by atoms with Crippen molar-refractivity contribution in [3.63, 3.8) is 0 Å². The predicted molar refractivity (Wildman–Crippen MR) is 153 cm³/mol. The van der Waals surface area contributed by atoms with Gasteiger partial charge in [0.25, 0.3) is 5.91 Å². The lowest BCUT2D eigenvalue weighted by Gasteiger charge is -2.32. The van der Waals surface area contributed by atoms with E-state index in [2.05, 4.69) is 9.67 Å². The van der Waals surface area contributed by atoms with Crippen molar-refractivity contribution in [3.8, 4) is 11.3 Å². The van der Waals surface area contributed by atoms with E-state index in [4.69, 9.17) is 10.5 Å². The van der Waals surface area contributed by atoms with Crippen LogP contribution in [0.25, 0.3) is 22.2 Å². The van der Waals surface area contributed by atoms with Gasteiger partial charge >= 0.3 is 0 Å². The molecule has 204 valence electrons. The standard InChI is InChI=1S/C28H32FN5O2.2ClH/c1-32-25(8-11-31-32)21-4-3-5-26-27(21)23(18-34(26)14-15-36-2)28(35)33-12-9-20(10-13-33)22-16-19(17-30)6-7-24(22)29;;/h3-8,11,16,18,20H,9-10,12-15,17,30H2,1-2H3;2*1H. The van der Waals surface area contributed by atoms with Gasteiger partial charge in [-0.1, -0.05) is 24.3 Å². The number of hydrogen-bond acceptors (Lipinski definition) is 4. The van der Waals surface area contributed by atoms with E-state index in [1.807, 2.05) is 53.2 Å². The third kappa shape index (κ3) is 5.59. The van der Waals surface area contributed by atoms with E-state index in [1.165, 1.54) is 6.07 Å². The van der Waals surface area contributed by atoms with Crippen LogP contribution in [0.15, 0.2) is 54.9 Å². The van der Waals surface area contributed by atoms with Crippen molar-refractivity contribution in [2.45, 2.75) is 31.8 Å². The Morgan fingerprint density at radius 2 is 1.92 bits per heavy atom. The first-order chi connectivity index (χ1) is 17.5. The lowest BCUT2D eigenvalue weighted by Crippen LogP contribution is -2.38. The van der Waals surface area contributed by atoms with Gasteiger partial charge in [0.2, 0.25) is 0 Å². The molecule has 4 aromatic rings. The number of amides is 1. The van der Waals surface area contributed by atoms with Crippen LogP contribution in [0.5, 0.6) is 0 Å². The maximum Gasteiger partial charge on any atom is 0.256 e. The molecule has 2 aromatic carbocycles. The van der Waals surface area contributed by atoms with Gasteiger partial charge in [0.15, 0.2) is 0 Å². The van der Waals surface area contributed by atoms with Gasteiger partial charge in [0.05, 0.1) is 17.9 Å². The maximum atomic E-state index is 14.6. The summed E-state index contributed by atoms with van der Waals surface area (Å²) in [4.78, 5) is 15.8. The molecule has 0 radical (unpaired) electrons. The first-order valence-corrected chi connectivity index (χ1v) is 12.4. The number of aromatic nitrogens is 3. The highest BCUT2D eigenvalue weighted by Gasteiger charge is 2.29. The molecule has 1 fully saturated rings. The SMILES string of the molecule is COCCn1cc(C(=O)N2CCC(c3cc(CN)ccc3F)CC2)c2c(-c3ccnn3C)cccc21.Cl.Cl. The van der Waals surface area contributed by atoms with Crippen molar-refractivity contribution in [2.75, 3.05) is 26.8 Å². The average Bonchev–Trinajstić information content (AvgIpc) is 3.51. The van der Waals surface area contributed by atoms with E-state index >= 15 is 0 Å². The van der Waals surface area contributed by atoms with Crippen molar-refractivity contribution in [1.82, 2.24) is 19.2 Å². The van der Waals surface area contributed by atoms with Gasteiger partial charge < -0.3 is 19.9 Å². The second-order valence-corrected chi connectivity index (χ2v) is 9.40. The number of carbonyl (C=O) groups is 1. The number of benzene rings is 2. The van der Waals surface area contributed by atoms with Crippen LogP contribution < -0.4 is 5.73 Å². The number of halogens is 3. The second-order valence-electron chi connectivity index (χ2n) is 9.40. The topological polar surface area (TPSA) is 78.3 Å². The number of carbonyl (C=O) groups excluding carboxylic acids is 1. The highest BCUT2D eigenvalue weighted by atomic mass is 35.5. The van der Waals surface area contributed by atoms with Gasteiger partial charge in [-0.3, -0.25) is 9.48 Å².